The molecule has 2 atom stereocenters. The zero-order chi connectivity index (χ0) is 20.5. The molecule has 2 aliphatic heterocycles. The largest absolute Gasteiger partial charge is 0.339 e. The summed E-state index contributed by atoms with van der Waals surface area (Å²) in [6.07, 6.45) is -0.479. The minimum Gasteiger partial charge on any atom is -0.339 e. The number of hydrogen-bond donors (Lipinski definition) is 0. The summed E-state index contributed by atoms with van der Waals surface area (Å²) in [5.74, 6) is 0.572. The van der Waals surface area contributed by atoms with E-state index in [0.29, 0.717) is 0 Å². The van der Waals surface area contributed by atoms with Gasteiger partial charge in [0.1, 0.15) is 0 Å². The fourth-order valence-electron chi connectivity index (χ4n) is 3.63. The van der Waals surface area contributed by atoms with Crippen LogP contribution in [0.15, 0.2) is 59.6 Å². The first-order valence-corrected chi connectivity index (χ1v) is 10.6. The number of nitrogens with zero attached hydrogens (tertiary/aromatic N) is 4. The summed E-state index contributed by atoms with van der Waals surface area (Å²) in [6.45, 7) is 2.28. The van der Waals surface area contributed by atoms with Crippen molar-refractivity contribution in [3.8, 4) is 0 Å². The molecule has 0 spiro atoms. The van der Waals surface area contributed by atoms with Gasteiger partial charge in [-0.25, -0.2) is 9.79 Å². The van der Waals surface area contributed by atoms with Crippen LogP contribution in [0.2, 0.25) is 0 Å². The Hall–Kier alpha value is -2.80. The van der Waals surface area contributed by atoms with Gasteiger partial charge in [0.2, 0.25) is 0 Å². The second-order valence-corrected chi connectivity index (χ2v) is 8.40. The van der Waals surface area contributed by atoms with Gasteiger partial charge >= 0.3 is 6.03 Å². The SMILES string of the molecule is Cc1ccc(CN2C(=O)C3C(N=C(SCc4ccccc4)N3C)N(C)C2=O)cc1. The molecule has 4 rings (SSSR count). The van der Waals surface area contributed by atoms with E-state index in [1.165, 1.54) is 10.5 Å². The van der Waals surface area contributed by atoms with E-state index in [9.17, 15) is 9.59 Å². The topological polar surface area (TPSA) is 56.2 Å². The van der Waals surface area contributed by atoms with Crippen LogP contribution in [0.25, 0.3) is 0 Å². The molecule has 2 aromatic rings. The van der Waals surface area contributed by atoms with Crippen molar-refractivity contribution in [1.82, 2.24) is 14.7 Å². The highest BCUT2D eigenvalue weighted by Crippen LogP contribution is 2.31. The molecular formula is C22H24N4O2S. The number of aryl methyl sites for hydroxylation is 1. The average Bonchev–Trinajstić information content (AvgIpc) is 3.07. The Balaban J connectivity index is 1.51. The monoisotopic (exact) mass is 408 g/mol. The molecule has 0 aromatic heterocycles. The van der Waals surface area contributed by atoms with Crippen molar-refractivity contribution in [2.45, 2.75) is 31.4 Å². The Kier molecular flexibility index (Phi) is 5.32. The Bertz CT molecular complexity index is 945. The zero-order valence-corrected chi connectivity index (χ0v) is 17.6. The van der Waals surface area contributed by atoms with Crippen LogP contribution in [0, 0.1) is 6.92 Å². The van der Waals surface area contributed by atoms with Crippen LogP contribution in [0.1, 0.15) is 16.7 Å². The highest BCUT2D eigenvalue weighted by Gasteiger charge is 2.50. The zero-order valence-electron chi connectivity index (χ0n) is 16.8. The van der Waals surface area contributed by atoms with Gasteiger partial charge in [-0.2, -0.15) is 0 Å². The van der Waals surface area contributed by atoms with E-state index in [4.69, 9.17) is 4.99 Å². The number of aliphatic imine (C=N–C) groups is 1. The van der Waals surface area contributed by atoms with Crippen LogP contribution >= 0.6 is 11.8 Å². The number of rotatable bonds is 4. The predicted octanol–water partition coefficient (Wildman–Crippen LogP) is 3.32. The van der Waals surface area contributed by atoms with Crippen LogP contribution in [0.4, 0.5) is 4.79 Å². The molecule has 1 saturated heterocycles. The maximum atomic E-state index is 13.2. The van der Waals surface area contributed by atoms with E-state index in [-0.39, 0.29) is 18.5 Å². The van der Waals surface area contributed by atoms with Crippen molar-refractivity contribution in [2.24, 2.45) is 4.99 Å². The minimum absolute atomic E-state index is 0.194. The molecule has 29 heavy (non-hydrogen) atoms. The maximum absolute atomic E-state index is 13.2. The summed E-state index contributed by atoms with van der Waals surface area (Å²) in [7, 11) is 3.60. The third-order valence-electron chi connectivity index (χ3n) is 5.36. The lowest BCUT2D eigenvalue weighted by Gasteiger charge is -2.40. The molecule has 2 heterocycles. The van der Waals surface area contributed by atoms with E-state index < -0.39 is 12.2 Å². The Morgan fingerprint density at radius 1 is 0.931 bits per heavy atom. The van der Waals surface area contributed by atoms with Gasteiger partial charge in [-0.05, 0) is 18.1 Å². The number of carbonyl (C=O) groups excluding carboxylic acids is 2. The van der Waals surface area contributed by atoms with Crippen molar-refractivity contribution in [3.05, 3.63) is 71.3 Å². The lowest BCUT2D eigenvalue weighted by molar-refractivity contribution is -0.137. The summed E-state index contributed by atoms with van der Waals surface area (Å²) < 4.78 is 0. The lowest BCUT2D eigenvalue weighted by atomic mass is 10.1. The summed E-state index contributed by atoms with van der Waals surface area (Å²) in [5.41, 5.74) is 3.27. The number of fused-ring (bicyclic) bond motifs is 1. The second-order valence-electron chi connectivity index (χ2n) is 7.46. The number of imide groups is 1. The van der Waals surface area contributed by atoms with Gasteiger partial charge < -0.3 is 9.80 Å². The highest BCUT2D eigenvalue weighted by atomic mass is 32.2. The van der Waals surface area contributed by atoms with Crippen LogP contribution in [-0.4, -0.2) is 58.1 Å². The van der Waals surface area contributed by atoms with Crippen molar-refractivity contribution in [2.75, 3.05) is 14.1 Å². The molecule has 0 N–H and O–H groups in total. The number of carbonyl (C=O) groups is 2. The number of hydrogen-bond acceptors (Lipinski definition) is 5. The van der Waals surface area contributed by atoms with Crippen molar-refractivity contribution in [1.29, 1.82) is 0 Å². The van der Waals surface area contributed by atoms with Gasteiger partial charge in [-0.1, -0.05) is 71.9 Å². The van der Waals surface area contributed by atoms with Crippen LogP contribution < -0.4 is 0 Å². The predicted molar refractivity (Wildman–Crippen MR) is 115 cm³/mol. The van der Waals surface area contributed by atoms with Crippen LogP contribution in [-0.2, 0) is 17.1 Å². The molecule has 2 aromatic carbocycles. The number of urea groups is 1. The van der Waals surface area contributed by atoms with Gasteiger partial charge in [-0.15, -0.1) is 0 Å². The van der Waals surface area contributed by atoms with E-state index >= 15 is 0 Å². The van der Waals surface area contributed by atoms with E-state index in [1.54, 1.807) is 23.7 Å². The summed E-state index contributed by atoms with van der Waals surface area (Å²) in [4.78, 5) is 35.6. The first-order chi connectivity index (χ1) is 14.0. The molecule has 0 aliphatic carbocycles. The first kappa shape index (κ1) is 19.5. The van der Waals surface area contributed by atoms with Gasteiger partial charge in [0.25, 0.3) is 5.91 Å². The molecule has 7 heteroatoms. The number of thioether (sulfide) groups is 1. The number of benzene rings is 2. The van der Waals surface area contributed by atoms with Crippen molar-refractivity contribution >= 4 is 28.9 Å². The third-order valence-corrected chi connectivity index (χ3v) is 6.49. The second kappa shape index (κ2) is 7.91. The van der Waals surface area contributed by atoms with Crippen molar-refractivity contribution < 1.29 is 9.59 Å². The third kappa shape index (κ3) is 3.74. The molecule has 150 valence electrons. The molecular weight excluding hydrogens is 384 g/mol. The summed E-state index contributed by atoms with van der Waals surface area (Å²) >= 11 is 1.59. The van der Waals surface area contributed by atoms with E-state index in [0.717, 1.165) is 22.0 Å². The van der Waals surface area contributed by atoms with E-state index in [2.05, 4.69) is 12.1 Å². The quantitative estimate of drug-likeness (QED) is 0.779. The molecule has 0 bridgehead atoms. The van der Waals surface area contributed by atoms with Crippen molar-refractivity contribution in [3.63, 3.8) is 0 Å². The number of likely N-dealkylation sites (N-methyl/N-ethyl adjacent to an activating group) is 2. The first-order valence-electron chi connectivity index (χ1n) is 9.57. The highest BCUT2D eigenvalue weighted by molar-refractivity contribution is 8.13. The smallest absolute Gasteiger partial charge is 0.328 e. The summed E-state index contributed by atoms with van der Waals surface area (Å²) in [5, 5.41) is 0.786. The minimum atomic E-state index is -0.485. The fraction of sp³-hybridized carbons (Fsp3) is 0.318. The van der Waals surface area contributed by atoms with Gasteiger partial charge in [0.05, 0.1) is 6.54 Å². The van der Waals surface area contributed by atoms with Crippen LogP contribution in [0.3, 0.4) is 0 Å². The fourth-order valence-corrected chi connectivity index (χ4v) is 4.61. The standard InChI is InChI=1S/C22H24N4O2S/c1-15-9-11-16(12-10-15)13-26-20(27)18-19(25(3)22(26)28)23-21(24(18)2)29-14-17-7-5-4-6-8-17/h4-12,18-19H,13-14H2,1-3H3. The lowest BCUT2D eigenvalue weighted by Crippen LogP contribution is -2.64. The molecule has 6 nitrogen and oxygen atoms in total. The molecule has 0 saturated carbocycles. The molecule has 2 aliphatic rings. The molecule has 2 unspecified atom stereocenters. The summed E-state index contributed by atoms with van der Waals surface area (Å²) in [6, 6.07) is 17.3. The average molecular weight is 409 g/mol. The number of amidine groups is 1. The van der Waals surface area contributed by atoms with Gasteiger partial charge in [-0.3, -0.25) is 9.69 Å². The Labute approximate surface area is 175 Å². The molecule has 0 radical (unpaired) electrons. The number of amides is 3. The molecule has 3 amide bonds. The Morgan fingerprint density at radius 3 is 2.31 bits per heavy atom. The Morgan fingerprint density at radius 2 is 1.62 bits per heavy atom. The normalized spacial score (nSPS) is 21.5. The van der Waals surface area contributed by atoms with E-state index in [1.807, 2.05) is 61.3 Å². The van der Waals surface area contributed by atoms with Crippen LogP contribution in [0.5, 0.6) is 0 Å². The van der Waals surface area contributed by atoms with Gasteiger partial charge in [0, 0.05) is 19.8 Å². The van der Waals surface area contributed by atoms with Gasteiger partial charge in [0.15, 0.2) is 17.4 Å². The maximum Gasteiger partial charge on any atom is 0.328 e. The molecule has 1 fully saturated rings.